The van der Waals surface area contributed by atoms with Crippen molar-refractivity contribution in [3.63, 3.8) is 0 Å². The number of nitrogen functional groups attached to an aromatic ring is 1. The summed E-state index contributed by atoms with van der Waals surface area (Å²) in [7, 11) is 0. The van der Waals surface area contributed by atoms with Gasteiger partial charge in [0.25, 0.3) is 11.8 Å². The number of carbonyl (C=O) groups excluding carboxylic acids is 2. The molecular formula is C15H17N5O5S3. The van der Waals surface area contributed by atoms with Crippen LogP contribution in [-0.2, 0) is 14.4 Å². The highest BCUT2D eigenvalue weighted by atomic mass is 32.2. The Morgan fingerprint density at radius 3 is 2.86 bits per heavy atom. The number of hydrogen-bond donors (Lipinski definition) is 4. The highest BCUT2D eigenvalue weighted by Crippen LogP contribution is 2.41. The average Bonchev–Trinajstić information content (AvgIpc) is 3.09. The summed E-state index contributed by atoms with van der Waals surface area (Å²) in [6.45, 7) is 1.97. The van der Waals surface area contributed by atoms with Crippen LogP contribution in [0.5, 0.6) is 0 Å². The molecule has 0 saturated carbocycles. The number of anilines is 1. The van der Waals surface area contributed by atoms with E-state index in [1.165, 1.54) is 22.0 Å². The smallest absolute Gasteiger partial charge is 0.352 e. The van der Waals surface area contributed by atoms with E-state index < -0.39 is 29.2 Å². The molecule has 1 fully saturated rings. The number of nitrogens with zero attached hydrogens (tertiary/aromatic N) is 3. The molecule has 1 aromatic rings. The summed E-state index contributed by atoms with van der Waals surface area (Å²) in [6.07, 6.45) is 0. The molecular weight excluding hydrogens is 426 g/mol. The Bertz CT molecular complexity index is 883. The minimum absolute atomic E-state index is 0.0106. The lowest BCUT2D eigenvalue weighted by molar-refractivity contribution is -0.150. The van der Waals surface area contributed by atoms with Gasteiger partial charge in [-0.25, -0.2) is 9.78 Å². The Kier molecular flexibility index (Phi) is 6.15. The molecule has 2 aliphatic heterocycles. The predicted octanol–water partition coefficient (Wildman–Crippen LogP) is 0.395. The van der Waals surface area contributed by atoms with Crippen LogP contribution in [0, 0.1) is 0 Å². The molecule has 0 spiro atoms. The number of carboxylic acids is 1. The van der Waals surface area contributed by atoms with Gasteiger partial charge in [0.05, 0.1) is 0 Å². The number of nitrogens with two attached hydrogens (primary N) is 1. The van der Waals surface area contributed by atoms with Crippen molar-refractivity contribution in [2.45, 2.75) is 18.3 Å². The third-order valence-corrected chi connectivity index (χ3v) is 7.07. The molecule has 0 bridgehead atoms. The van der Waals surface area contributed by atoms with Crippen LogP contribution in [0.3, 0.4) is 0 Å². The van der Waals surface area contributed by atoms with Crippen molar-refractivity contribution >= 4 is 63.5 Å². The lowest BCUT2D eigenvalue weighted by Crippen LogP contribution is -2.71. The van der Waals surface area contributed by atoms with Gasteiger partial charge in [-0.15, -0.1) is 23.1 Å². The van der Waals surface area contributed by atoms with Gasteiger partial charge < -0.3 is 21.4 Å². The van der Waals surface area contributed by atoms with E-state index in [0.29, 0.717) is 17.1 Å². The number of nitrogens with one attached hydrogen (secondary N) is 1. The van der Waals surface area contributed by atoms with E-state index in [0.717, 1.165) is 17.1 Å². The van der Waals surface area contributed by atoms with Gasteiger partial charge in [0, 0.05) is 16.9 Å². The number of hydrogen-bond acceptors (Lipinski definition) is 10. The number of amides is 2. The Morgan fingerprint density at radius 1 is 1.54 bits per heavy atom. The minimum Gasteiger partial charge on any atom is -0.477 e. The van der Waals surface area contributed by atoms with Gasteiger partial charge in [-0.1, -0.05) is 12.1 Å². The fraction of sp³-hybridized carbons (Fsp3) is 0.400. The van der Waals surface area contributed by atoms with Crippen molar-refractivity contribution in [2.75, 3.05) is 23.0 Å². The zero-order valence-corrected chi connectivity index (χ0v) is 17.1. The normalized spacial score (nSPS) is 22.0. The summed E-state index contributed by atoms with van der Waals surface area (Å²) in [5.74, 6) is -0.645. The summed E-state index contributed by atoms with van der Waals surface area (Å²) in [5, 5.41) is 25.3. The van der Waals surface area contributed by atoms with Crippen molar-refractivity contribution in [3.05, 3.63) is 22.3 Å². The van der Waals surface area contributed by atoms with Crippen molar-refractivity contribution < 1.29 is 24.7 Å². The first-order valence-electron chi connectivity index (χ1n) is 8.11. The van der Waals surface area contributed by atoms with E-state index in [2.05, 4.69) is 15.5 Å². The summed E-state index contributed by atoms with van der Waals surface area (Å²) in [4.78, 5) is 41.8. The van der Waals surface area contributed by atoms with Crippen molar-refractivity contribution in [3.8, 4) is 0 Å². The summed E-state index contributed by atoms with van der Waals surface area (Å²) in [5.41, 5.74) is 5.93. The summed E-state index contributed by atoms with van der Waals surface area (Å²) in [6, 6.07) is -0.917. The van der Waals surface area contributed by atoms with E-state index in [4.69, 9.17) is 10.9 Å². The standard InChI is InChI=1S/C15H17N5O5S3/c1-2-26-3-6-4-27-13-9(12(22)20(13)10(6)14(23)24)18-11(21)8(19-25)7-5-28-15(16)17-7/h5,9,13,25H,2-4H2,1H3,(H2,16,17)(H,18,21)(H,23,24)/t9?,13-/m1/s1. The number of thioether (sulfide) groups is 2. The largest absolute Gasteiger partial charge is 0.477 e. The summed E-state index contributed by atoms with van der Waals surface area (Å²) >= 11 is 4.04. The second-order valence-electron chi connectivity index (χ2n) is 5.77. The fourth-order valence-corrected chi connectivity index (χ4v) is 5.55. The molecule has 5 N–H and O–H groups in total. The van der Waals surface area contributed by atoms with Crippen LogP contribution in [0.1, 0.15) is 12.6 Å². The van der Waals surface area contributed by atoms with Gasteiger partial charge in [0.15, 0.2) is 10.8 Å². The van der Waals surface area contributed by atoms with Crippen LogP contribution in [-0.4, -0.2) is 72.4 Å². The van der Waals surface area contributed by atoms with Crippen molar-refractivity contribution in [1.82, 2.24) is 15.2 Å². The van der Waals surface area contributed by atoms with E-state index in [1.54, 1.807) is 11.8 Å². The lowest BCUT2D eigenvalue weighted by atomic mass is 10.0. The van der Waals surface area contributed by atoms with Gasteiger partial charge >= 0.3 is 5.97 Å². The maximum absolute atomic E-state index is 12.6. The average molecular weight is 444 g/mol. The van der Waals surface area contributed by atoms with E-state index in [9.17, 15) is 19.5 Å². The van der Waals surface area contributed by atoms with Crippen LogP contribution in [0.25, 0.3) is 0 Å². The zero-order valence-electron chi connectivity index (χ0n) is 14.6. The molecule has 0 aliphatic carbocycles. The Balaban J connectivity index is 1.75. The number of rotatable bonds is 7. The quantitative estimate of drug-likeness (QED) is 0.202. The van der Waals surface area contributed by atoms with E-state index >= 15 is 0 Å². The van der Waals surface area contributed by atoms with Gasteiger partial charge in [-0.05, 0) is 11.3 Å². The molecule has 150 valence electrons. The number of aliphatic carboxylic acids is 1. The van der Waals surface area contributed by atoms with Gasteiger partial charge in [-0.2, -0.15) is 11.8 Å². The number of aromatic nitrogens is 1. The Morgan fingerprint density at radius 2 is 2.29 bits per heavy atom. The molecule has 3 heterocycles. The molecule has 2 amide bonds. The molecule has 13 heteroatoms. The van der Waals surface area contributed by atoms with Gasteiger partial charge in [0.2, 0.25) is 0 Å². The van der Waals surface area contributed by atoms with Crippen LogP contribution >= 0.6 is 34.9 Å². The van der Waals surface area contributed by atoms with Crippen LogP contribution in [0.2, 0.25) is 0 Å². The predicted molar refractivity (Wildman–Crippen MR) is 108 cm³/mol. The number of thiazole rings is 1. The summed E-state index contributed by atoms with van der Waals surface area (Å²) < 4.78 is 0. The number of oxime groups is 1. The first-order chi connectivity index (χ1) is 13.4. The second kappa shape index (κ2) is 8.41. The molecule has 10 nitrogen and oxygen atoms in total. The number of carbonyl (C=O) groups is 3. The molecule has 0 radical (unpaired) electrons. The van der Waals surface area contributed by atoms with Gasteiger partial charge in [0.1, 0.15) is 22.8 Å². The fourth-order valence-electron chi connectivity index (χ4n) is 2.84. The molecule has 2 atom stereocenters. The molecule has 1 saturated heterocycles. The highest BCUT2D eigenvalue weighted by molar-refractivity contribution is 8.01. The van der Waals surface area contributed by atoms with Crippen LogP contribution in [0.15, 0.2) is 21.8 Å². The van der Waals surface area contributed by atoms with E-state index in [1.807, 2.05) is 6.92 Å². The third kappa shape index (κ3) is 3.69. The zero-order chi connectivity index (χ0) is 20.4. The third-order valence-electron chi connectivity index (χ3n) is 4.10. The Hall–Kier alpha value is -2.25. The molecule has 2 aliphatic rings. The first-order valence-corrected chi connectivity index (χ1v) is 11.2. The van der Waals surface area contributed by atoms with Crippen molar-refractivity contribution in [2.24, 2.45) is 5.16 Å². The lowest BCUT2D eigenvalue weighted by Gasteiger charge is -2.49. The molecule has 1 unspecified atom stereocenters. The van der Waals surface area contributed by atoms with Crippen LogP contribution < -0.4 is 11.1 Å². The SMILES string of the molecule is CCSCC1=C(C(=O)O)N2C(=O)C(NC(=O)C(=NO)c3csc(N)n3)[C@H]2SC1. The first kappa shape index (κ1) is 20.5. The Labute approximate surface area is 172 Å². The van der Waals surface area contributed by atoms with Gasteiger partial charge in [-0.3, -0.25) is 14.5 Å². The number of fused-ring (bicyclic) bond motifs is 1. The topological polar surface area (TPSA) is 158 Å². The number of carboxylic acid groups (broad SMARTS) is 1. The maximum atomic E-state index is 12.6. The number of β-lactam (4-membered cyclic amide) rings is 1. The second-order valence-corrected chi connectivity index (χ2v) is 9.04. The molecule has 1 aromatic heterocycles. The molecule has 3 rings (SSSR count). The van der Waals surface area contributed by atoms with Crippen LogP contribution in [0.4, 0.5) is 5.13 Å². The highest BCUT2D eigenvalue weighted by Gasteiger charge is 2.54. The van der Waals surface area contributed by atoms with Crippen molar-refractivity contribution in [1.29, 1.82) is 0 Å². The maximum Gasteiger partial charge on any atom is 0.352 e. The molecule has 28 heavy (non-hydrogen) atoms. The monoisotopic (exact) mass is 443 g/mol. The minimum atomic E-state index is -1.16. The van der Waals surface area contributed by atoms with E-state index in [-0.39, 0.29) is 22.2 Å². The molecule has 0 aromatic carbocycles.